The van der Waals surface area contributed by atoms with Crippen molar-refractivity contribution in [2.75, 3.05) is 6.61 Å². The second kappa shape index (κ2) is 6.92. The minimum atomic E-state index is -1.37. The lowest BCUT2D eigenvalue weighted by Gasteiger charge is -2.40. The molecule has 1 saturated carbocycles. The van der Waals surface area contributed by atoms with E-state index in [0.29, 0.717) is 13.0 Å². The first kappa shape index (κ1) is 16.0. The van der Waals surface area contributed by atoms with Crippen molar-refractivity contribution >= 4 is 11.9 Å². The monoisotopic (exact) mass is 270 g/mol. The third-order valence-electron chi connectivity index (χ3n) is 4.29. The Bertz CT molecular complexity index is 318. The maximum Gasteiger partial charge on any atom is 0.324 e. The Kier molecular flexibility index (Phi) is 5.83. The van der Waals surface area contributed by atoms with E-state index >= 15 is 0 Å². The predicted octanol–water partition coefficient (Wildman–Crippen LogP) is 3.25. The fourth-order valence-electron chi connectivity index (χ4n) is 3.25. The molecule has 0 saturated heterocycles. The molecule has 0 bridgehead atoms. The molecule has 0 aromatic carbocycles. The minimum Gasteiger partial charge on any atom is -0.480 e. The second-order valence-corrected chi connectivity index (χ2v) is 5.80. The molecule has 19 heavy (non-hydrogen) atoms. The number of carbonyl (C=O) groups is 2. The van der Waals surface area contributed by atoms with Gasteiger partial charge >= 0.3 is 11.9 Å². The highest BCUT2D eigenvalue weighted by molar-refractivity contribution is 6.00. The Balaban J connectivity index is 3.05. The number of ether oxygens (including phenoxy) is 1. The lowest BCUT2D eigenvalue weighted by molar-refractivity contribution is -0.179. The molecule has 1 rings (SSSR count). The van der Waals surface area contributed by atoms with E-state index in [-0.39, 0.29) is 11.8 Å². The van der Waals surface area contributed by atoms with E-state index in [4.69, 9.17) is 4.74 Å². The summed E-state index contributed by atoms with van der Waals surface area (Å²) in [5, 5.41) is 9.72. The van der Waals surface area contributed by atoms with Gasteiger partial charge < -0.3 is 9.84 Å². The Morgan fingerprint density at radius 3 is 2.26 bits per heavy atom. The first-order chi connectivity index (χ1) is 8.97. The lowest BCUT2D eigenvalue weighted by Crippen LogP contribution is -2.51. The molecular formula is C15H26O4. The number of rotatable bonds is 6. The highest BCUT2D eigenvalue weighted by atomic mass is 16.5. The van der Waals surface area contributed by atoms with E-state index < -0.39 is 17.4 Å². The zero-order valence-corrected chi connectivity index (χ0v) is 12.3. The fourth-order valence-corrected chi connectivity index (χ4v) is 3.25. The van der Waals surface area contributed by atoms with Crippen molar-refractivity contribution in [2.24, 2.45) is 17.3 Å². The third kappa shape index (κ3) is 3.10. The predicted molar refractivity (Wildman–Crippen MR) is 72.7 cm³/mol. The van der Waals surface area contributed by atoms with Crippen LogP contribution in [0.5, 0.6) is 0 Å². The van der Waals surface area contributed by atoms with E-state index in [1.807, 2.05) is 20.8 Å². The Morgan fingerprint density at radius 1 is 1.26 bits per heavy atom. The molecule has 0 radical (unpaired) electrons. The molecule has 110 valence electrons. The van der Waals surface area contributed by atoms with E-state index in [9.17, 15) is 14.7 Å². The number of carboxylic acid groups (broad SMARTS) is 1. The molecule has 1 fully saturated rings. The van der Waals surface area contributed by atoms with Crippen molar-refractivity contribution in [1.82, 2.24) is 0 Å². The largest absolute Gasteiger partial charge is 0.480 e. The van der Waals surface area contributed by atoms with Crippen molar-refractivity contribution in [2.45, 2.75) is 59.3 Å². The molecule has 1 N–H and O–H groups in total. The number of carbonyl (C=O) groups excluding carboxylic acids is 1. The molecule has 1 aliphatic carbocycles. The maximum atomic E-state index is 12.4. The van der Waals surface area contributed by atoms with Crippen molar-refractivity contribution in [3.05, 3.63) is 0 Å². The van der Waals surface area contributed by atoms with Crippen LogP contribution in [0.4, 0.5) is 0 Å². The molecule has 0 amide bonds. The van der Waals surface area contributed by atoms with Crippen LogP contribution in [0.15, 0.2) is 0 Å². The quantitative estimate of drug-likeness (QED) is 0.594. The molecular weight excluding hydrogens is 244 g/mol. The van der Waals surface area contributed by atoms with Gasteiger partial charge in [0.2, 0.25) is 0 Å². The van der Waals surface area contributed by atoms with Crippen LogP contribution in [0.1, 0.15) is 59.3 Å². The number of hydrogen-bond acceptors (Lipinski definition) is 3. The minimum absolute atomic E-state index is 0.0943. The van der Waals surface area contributed by atoms with E-state index in [1.165, 1.54) is 0 Å². The average molecular weight is 270 g/mol. The van der Waals surface area contributed by atoms with Crippen LogP contribution in [0.25, 0.3) is 0 Å². The molecule has 0 aromatic heterocycles. The van der Waals surface area contributed by atoms with Gasteiger partial charge in [-0.3, -0.25) is 9.59 Å². The van der Waals surface area contributed by atoms with E-state index in [0.717, 1.165) is 32.1 Å². The van der Waals surface area contributed by atoms with Crippen LogP contribution in [0, 0.1) is 17.3 Å². The van der Waals surface area contributed by atoms with Gasteiger partial charge in [-0.2, -0.15) is 0 Å². The molecule has 0 aromatic rings. The lowest BCUT2D eigenvalue weighted by atomic mass is 9.63. The summed E-state index contributed by atoms with van der Waals surface area (Å²) in [6.45, 7) is 5.84. The zero-order chi connectivity index (χ0) is 14.5. The van der Waals surface area contributed by atoms with Crippen molar-refractivity contribution < 1.29 is 19.4 Å². The Labute approximate surface area is 115 Å². The standard InChI is InChI=1S/C15H26O4/c1-4-10-19-14(18)15(11(2)3,13(16)17)12-8-6-5-7-9-12/h11-12H,4-10H2,1-3H3,(H,16,17). The molecule has 1 aliphatic rings. The zero-order valence-electron chi connectivity index (χ0n) is 12.3. The second-order valence-electron chi connectivity index (χ2n) is 5.80. The SMILES string of the molecule is CCCOC(=O)C(C(=O)O)(C(C)C)C1CCCCC1. The van der Waals surface area contributed by atoms with Crippen LogP contribution in [-0.2, 0) is 14.3 Å². The summed E-state index contributed by atoms with van der Waals surface area (Å²) in [6, 6.07) is 0. The third-order valence-corrected chi connectivity index (χ3v) is 4.29. The summed E-state index contributed by atoms with van der Waals surface area (Å²) in [7, 11) is 0. The first-order valence-electron chi connectivity index (χ1n) is 7.38. The summed E-state index contributed by atoms with van der Waals surface area (Å²) in [6.07, 6.45) is 5.48. The van der Waals surface area contributed by atoms with Crippen LogP contribution in [-0.4, -0.2) is 23.7 Å². The molecule has 0 aliphatic heterocycles. The number of aliphatic carboxylic acids is 1. The van der Waals surface area contributed by atoms with Gasteiger partial charge in [-0.25, -0.2) is 0 Å². The fraction of sp³-hybridized carbons (Fsp3) is 0.867. The van der Waals surface area contributed by atoms with Gasteiger partial charge in [-0.1, -0.05) is 40.0 Å². The molecule has 1 unspecified atom stereocenters. The van der Waals surface area contributed by atoms with Crippen LogP contribution >= 0.6 is 0 Å². The van der Waals surface area contributed by atoms with Crippen LogP contribution < -0.4 is 0 Å². The summed E-state index contributed by atoms with van der Waals surface area (Å²) in [5.74, 6) is -1.90. The van der Waals surface area contributed by atoms with Crippen molar-refractivity contribution in [3.63, 3.8) is 0 Å². The van der Waals surface area contributed by atoms with Crippen molar-refractivity contribution in [3.8, 4) is 0 Å². The molecule has 0 spiro atoms. The van der Waals surface area contributed by atoms with Crippen LogP contribution in [0.3, 0.4) is 0 Å². The van der Waals surface area contributed by atoms with Gasteiger partial charge in [0, 0.05) is 0 Å². The van der Waals surface area contributed by atoms with E-state index in [1.54, 1.807) is 0 Å². The molecule has 4 nitrogen and oxygen atoms in total. The summed E-state index contributed by atoms with van der Waals surface area (Å²) in [4.78, 5) is 24.3. The highest BCUT2D eigenvalue weighted by Gasteiger charge is 2.55. The van der Waals surface area contributed by atoms with Gasteiger partial charge in [0.25, 0.3) is 0 Å². The van der Waals surface area contributed by atoms with Gasteiger partial charge in [0.05, 0.1) is 6.61 Å². The topological polar surface area (TPSA) is 63.6 Å². The van der Waals surface area contributed by atoms with Crippen molar-refractivity contribution in [1.29, 1.82) is 0 Å². The van der Waals surface area contributed by atoms with Crippen LogP contribution in [0.2, 0.25) is 0 Å². The van der Waals surface area contributed by atoms with Gasteiger partial charge in [-0.15, -0.1) is 0 Å². The first-order valence-corrected chi connectivity index (χ1v) is 7.38. The summed E-state index contributed by atoms with van der Waals surface area (Å²) in [5.41, 5.74) is -1.37. The molecule has 1 atom stereocenters. The smallest absolute Gasteiger partial charge is 0.324 e. The highest BCUT2D eigenvalue weighted by Crippen LogP contribution is 2.45. The summed E-state index contributed by atoms with van der Waals surface area (Å²) >= 11 is 0. The molecule has 0 heterocycles. The Morgan fingerprint density at radius 2 is 1.84 bits per heavy atom. The number of carboxylic acids is 1. The average Bonchev–Trinajstić information content (AvgIpc) is 2.37. The van der Waals surface area contributed by atoms with E-state index in [2.05, 4.69) is 0 Å². The van der Waals surface area contributed by atoms with Gasteiger partial charge in [0.1, 0.15) is 0 Å². The summed E-state index contributed by atoms with van der Waals surface area (Å²) < 4.78 is 5.21. The maximum absolute atomic E-state index is 12.4. The normalized spacial score (nSPS) is 20.0. The van der Waals surface area contributed by atoms with Gasteiger partial charge in [-0.05, 0) is 31.1 Å². The Hall–Kier alpha value is -1.06. The molecule has 4 heteroatoms. The number of hydrogen-bond donors (Lipinski definition) is 1. The number of esters is 1. The van der Waals surface area contributed by atoms with Gasteiger partial charge in [0.15, 0.2) is 5.41 Å².